The van der Waals surface area contributed by atoms with Crippen LogP contribution >= 0.6 is 24.0 Å². The fourth-order valence-electron chi connectivity index (χ4n) is 5.18. The number of guanidine groups is 1. The average Bonchev–Trinajstić information content (AvgIpc) is 3.59. The Morgan fingerprint density at radius 2 is 1.79 bits per heavy atom. The highest BCUT2D eigenvalue weighted by Gasteiger charge is 2.58. The summed E-state index contributed by atoms with van der Waals surface area (Å²) in [4.78, 5) is 36.2. The summed E-state index contributed by atoms with van der Waals surface area (Å²) in [6.45, 7) is 5.86. The van der Waals surface area contributed by atoms with Gasteiger partial charge in [-0.2, -0.15) is 0 Å². The van der Waals surface area contributed by atoms with Crippen LogP contribution < -0.4 is 10.6 Å². The molecule has 3 aliphatic rings. The lowest BCUT2D eigenvalue weighted by Crippen LogP contribution is -2.43. The van der Waals surface area contributed by atoms with Crippen molar-refractivity contribution < 1.29 is 14.0 Å². The number of nitrogens with one attached hydrogen (secondary N) is 2. The number of aliphatic imine (C=N–C) groups is 1. The number of nitrogens with zero attached hydrogens (tertiary/aromatic N) is 3. The van der Waals surface area contributed by atoms with Gasteiger partial charge >= 0.3 is 0 Å². The average molecular weight is 575 g/mol. The molecule has 2 aliphatic carbocycles. The molecule has 2 heterocycles. The van der Waals surface area contributed by atoms with Crippen molar-refractivity contribution in [2.75, 3.05) is 19.6 Å². The van der Waals surface area contributed by atoms with Gasteiger partial charge in [0.1, 0.15) is 12.0 Å². The predicted molar refractivity (Wildman–Crippen MR) is 139 cm³/mol. The Kier molecular flexibility index (Phi) is 7.39. The lowest BCUT2D eigenvalue weighted by molar-refractivity contribution is -0.140. The standard InChI is InChI=1S/C25H29N5O3.HI/c1-3-26-25(28-13-19-14-33-22(29-19)16-6-4-15(2)5-7-16)27-10-11-30-23(31)20-17-8-9-18(12-17)21(20)24(30)32;/h4-9,14,17-18,20-21H,3,10-13H2,1-2H3,(H2,26,27,28);1H. The number of allylic oxidation sites excluding steroid dienone is 2. The maximum absolute atomic E-state index is 12.8. The van der Waals surface area contributed by atoms with Crippen LogP contribution in [0.4, 0.5) is 0 Å². The first kappa shape index (κ1) is 24.4. The quantitative estimate of drug-likeness (QED) is 0.173. The minimum atomic E-state index is -0.149. The number of oxazole rings is 1. The van der Waals surface area contributed by atoms with Crippen molar-refractivity contribution in [3.63, 3.8) is 0 Å². The SMILES string of the molecule is CCNC(=NCc1coc(-c2ccc(C)cc2)n1)NCCN1C(=O)C2C3C=CC(C3)C2C1=O.I. The van der Waals surface area contributed by atoms with Crippen LogP contribution in [0.2, 0.25) is 0 Å². The Hall–Kier alpha value is -2.69. The van der Waals surface area contributed by atoms with E-state index in [4.69, 9.17) is 4.42 Å². The number of aromatic nitrogens is 1. The highest BCUT2D eigenvalue weighted by molar-refractivity contribution is 14.0. The summed E-state index contributed by atoms with van der Waals surface area (Å²) in [5, 5.41) is 6.42. The second-order valence-electron chi connectivity index (χ2n) is 8.96. The van der Waals surface area contributed by atoms with Gasteiger partial charge in [0, 0.05) is 25.2 Å². The van der Waals surface area contributed by atoms with Crippen LogP contribution in [-0.4, -0.2) is 47.3 Å². The van der Waals surface area contributed by atoms with Crippen LogP contribution in [0, 0.1) is 30.6 Å². The molecule has 180 valence electrons. The van der Waals surface area contributed by atoms with Gasteiger partial charge in [0.15, 0.2) is 5.96 Å². The number of rotatable bonds is 7. The number of amides is 2. The summed E-state index contributed by atoms with van der Waals surface area (Å²) in [5.41, 5.74) is 2.83. The highest BCUT2D eigenvalue weighted by Crippen LogP contribution is 2.52. The molecule has 4 unspecified atom stereocenters. The van der Waals surface area contributed by atoms with E-state index in [0.717, 1.165) is 17.7 Å². The highest BCUT2D eigenvalue weighted by atomic mass is 127. The number of fused-ring (bicyclic) bond motifs is 5. The number of imide groups is 1. The topological polar surface area (TPSA) is 99.8 Å². The van der Waals surface area contributed by atoms with Gasteiger partial charge in [-0.15, -0.1) is 24.0 Å². The van der Waals surface area contributed by atoms with E-state index in [1.54, 1.807) is 6.26 Å². The van der Waals surface area contributed by atoms with Gasteiger partial charge in [0.25, 0.3) is 0 Å². The molecule has 5 rings (SSSR count). The van der Waals surface area contributed by atoms with Gasteiger partial charge in [-0.25, -0.2) is 9.98 Å². The fraction of sp³-hybridized carbons (Fsp3) is 0.440. The van der Waals surface area contributed by atoms with Crippen molar-refractivity contribution >= 4 is 41.8 Å². The number of carbonyl (C=O) groups excluding carboxylic acids is 2. The van der Waals surface area contributed by atoms with E-state index < -0.39 is 0 Å². The number of likely N-dealkylation sites (tertiary alicyclic amines) is 1. The van der Waals surface area contributed by atoms with Gasteiger partial charge in [0.2, 0.25) is 17.7 Å². The van der Waals surface area contributed by atoms with Gasteiger partial charge < -0.3 is 15.1 Å². The number of benzene rings is 1. The van der Waals surface area contributed by atoms with E-state index in [1.165, 1.54) is 10.5 Å². The third-order valence-corrected chi connectivity index (χ3v) is 6.78. The fourth-order valence-corrected chi connectivity index (χ4v) is 5.18. The molecule has 1 aromatic heterocycles. The second-order valence-corrected chi connectivity index (χ2v) is 8.96. The van der Waals surface area contributed by atoms with E-state index in [1.807, 2.05) is 38.1 Å². The zero-order chi connectivity index (χ0) is 22.9. The monoisotopic (exact) mass is 575 g/mol. The van der Waals surface area contributed by atoms with E-state index in [0.29, 0.717) is 38.0 Å². The molecule has 8 nitrogen and oxygen atoms in total. The van der Waals surface area contributed by atoms with Crippen LogP contribution in [-0.2, 0) is 16.1 Å². The Balaban J connectivity index is 0.00000274. The molecule has 1 saturated heterocycles. The molecule has 4 atom stereocenters. The molecule has 2 bridgehead atoms. The molecular weight excluding hydrogens is 545 g/mol. The first-order chi connectivity index (χ1) is 16.0. The van der Waals surface area contributed by atoms with E-state index >= 15 is 0 Å². The summed E-state index contributed by atoms with van der Waals surface area (Å²) < 4.78 is 5.61. The summed E-state index contributed by atoms with van der Waals surface area (Å²) in [6.07, 6.45) is 6.79. The summed E-state index contributed by atoms with van der Waals surface area (Å²) in [7, 11) is 0. The number of carbonyl (C=O) groups is 2. The van der Waals surface area contributed by atoms with Crippen LogP contribution in [0.15, 0.2) is 52.1 Å². The van der Waals surface area contributed by atoms with Crippen LogP contribution in [0.5, 0.6) is 0 Å². The van der Waals surface area contributed by atoms with Gasteiger partial charge in [0.05, 0.1) is 18.4 Å². The molecule has 9 heteroatoms. The maximum atomic E-state index is 12.8. The van der Waals surface area contributed by atoms with E-state index in [9.17, 15) is 9.59 Å². The number of hydrogen-bond donors (Lipinski definition) is 2. The Morgan fingerprint density at radius 3 is 2.44 bits per heavy atom. The Bertz CT molecular complexity index is 1080. The summed E-state index contributed by atoms with van der Waals surface area (Å²) in [5.74, 6) is 1.32. The largest absolute Gasteiger partial charge is 0.444 e. The van der Waals surface area contributed by atoms with Crippen LogP contribution in [0.1, 0.15) is 24.6 Å². The number of aryl methyl sites for hydroxylation is 1. The van der Waals surface area contributed by atoms with Crippen LogP contribution in [0.25, 0.3) is 11.5 Å². The minimum absolute atomic E-state index is 0. The van der Waals surface area contributed by atoms with E-state index in [2.05, 4.69) is 32.8 Å². The van der Waals surface area contributed by atoms with Crippen molar-refractivity contribution in [1.82, 2.24) is 20.5 Å². The molecule has 1 aromatic carbocycles. The first-order valence-electron chi connectivity index (χ1n) is 11.6. The third-order valence-electron chi connectivity index (χ3n) is 6.78. The molecule has 1 saturated carbocycles. The molecular formula is C25H30IN5O3. The second kappa shape index (κ2) is 10.3. The molecule has 2 aromatic rings. The summed E-state index contributed by atoms with van der Waals surface area (Å²) in [6, 6.07) is 8.01. The number of hydrogen-bond acceptors (Lipinski definition) is 5. The van der Waals surface area contributed by atoms with Gasteiger partial charge in [-0.1, -0.05) is 29.8 Å². The smallest absolute Gasteiger partial charge is 0.233 e. The molecule has 0 spiro atoms. The Morgan fingerprint density at radius 1 is 1.12 bits per heavy atom. The molecule has 2 amide bonds. The first-order valence-corrected chi connectivity index (χ1v) is 11.6. The maximum Gasteiger partial charge on any atom is 0.233 e. The minimum Gasteiger partial charge on any atom is -0.444 e. The molecule has 2 fully saturated rings. The lowest BCUT2D eigenvalue weighted by Gasteiger charge is -2.18. The molecule has 34 heavy (non-hydrogen) atoms. The van der Waals surface area contributed by atoms with Crippen molar-refractivity contribution in [2.24, 2.45) is 28.7 Å². The molecule has 2 N–H and O–H groups in total. The predicted octanol–water partition coefficient (Wildman–Crippen LogP) is 3.13. The normalized spacial score (nSPS) is 25.0. The molecule has 1 aliphatic heterocycles. The van der Waals surface area contributed by atoms with Crippen LogP contribution in [0.3, 0.4) is 0 Å². The van der Waals surface area contributed by atoms with Crippen molar-refractivity contribution in [3.8, 4) is 11.5 Å². The summed E-state index contributed by atoms with van der Waals surface area (Å²) >= 11 is 0. The van der Waals surface area contributed by atoms with Gasteiger partial charge in [-0.05, 0) is 44.2 Å². The molecule has 0 radical (unpaired) electrons. The number of halogens is 1. The van der Waals surface area contributed by atoms with Gasteiger partial charge in [-0.3, -0.25) is 14.5 Å². The zero-order valence-corrected chi connectivity index (χ0v) is 21.7. The third kappa shape index (κ3) is 4.62. The lowest BCUT2D eigenvalue weighted by atomic mass is 9.85. The van der Waals surface area contributed by atoms with Crippen molar-refractivity contribution in [1.29, 1.82) is 0 Å². The van der Waals surface area contributed by atoms with Crippen molar-refractivity contribution in [3.05, 3.63) is 53.9 Å². The van der Waals surface area contributed by atoms with Crippen molar-refractivity contribution in [2.45, 2.75) is 26.8 Å². The van der Waals surface area contributed by atoms with E-state index in [-0.39, 0.29) is 59.5 Å². The Labute approximate surface area is 216 Å². The zero-order valence-electron chi connectivity index (χ0n) is 19.4.